The zero-order chi connectivity index (χ0) is 9.14. The summed E-state index contributed by atoms with van der Waals surface area (Å²) in [5, 5.41) is 9.23. The molecule has 2 atom stereocenters. The molecule has 4 nitrogen and oxygen atoms in total. The molecular weight excluding hydrogens is 156 g/mol. The van der Waals surface area contributed by atoms with Crippen LogP contribution in [-0.2, 0) is 4.79 Å². The molecule has 0 radical (unpaired) electrons. The number of amides is 1. The minimum absolute atomic E-state index is 0.192. The molecule has 0 saturated carbocycles. The number of rotatable bonds is 3. The molecule has 0 spiro atoms. The Morgan fingerprint density at radius 3 is 2.83 bits per heavy atom. The molecule has 12 heavy (non-hydrogen) atoms. The number of carbonyl (C=O) groups is 1. The Hall–Kier alpha value is -0.610. The van der Waals surface area contributed by atoms with E-state index in [0.29, 0.717) is 6.54 Å². The number of aliphatic hydroxyl groups is 1. The molecule has 0 aromatic rings. The monoisotopic (exact) mass is 172 g/mol. The largest absolute Gasteiger partial charge is 0.392 e. The molecule has 1 aliphatic rings. The first-order valence-corrected chi connectivity index (χ1v) is 4.36. The first-order chi connectivity index (χ1) is 5.65. The van der Waals surface area contributed by atoms with Crippen LogP contribution in [0, 0.1) is 0 Å². The van der Waals surface area contributed by atoms with Crippen molar-refractivity contribution in [2.45, 2.75) is 31.9 Å². The Balaban J connectivity index is 2.49. The number of primary amides is 1. The number of hydrogen-bond acceptors (Lipinski definition) is 3. The molecule has 3 N–H and O–H groups in total. The third kappa shape index (κ3) is 1.95. The standard InChI is InChI=1S/C8H16N2O2/c1-2-7(8(9)12)10-4-3-6(11)5-10/h6-7,11H,2-5H2,1H3,(H2,9,12)/t6-,7?/m0/s1. The van der Waals surface area contributed by atoms with E-state index in [-0.39, 0.29) is 18.1 Å². The van der Waals surface area contributed by atoms with Crippen molar-refractivity contribution in [3.8, 4) is 0 Å². The summed E-state index contributed by atoms with van der Waals surface area (Å²) in [7, 11) is 0. The fourth-order valence-corrected chi connectivity index (χ4v) is 1.69. The van der Waals surface area contributed by atoms with Crippen molar-refractivity contribution in [2.75, 3.05) is 13.1 Å². The van der Waals surface area contributed by atoms with Gasteiger partial charge in [0.15, 0.2) is 0 Å². The van der Waals surface area contributed by atoms with Crippen molar-refractivity contribution in [3.63, 3.8) is 0 Å². The van der Waals surface area contributed by atoms with Crippen molar-refractivity contribution in [1.82, 2.24) is 4.90 Å². The highest BCUT2D eigenvalue weighted by Crippen LogP contribution is 2.14. The van der Waals surface area contributed by atoms with Crippen molar-refractivity contribution < 1.29 is 9.90 Å². The van der Waals surface area contributed by atoms with E-state index >= 15 is 0 Å². The van der Waals surface area contributed by atoms with Crippen LogP contribution in [-0.4, -0.2) is 41.1 Å². The zero-order valence-electron chi connectivity index (χ0n) is 7.36. The third-order valence-electron chi connectivity index (χ3n) is 2.35. The van der Waals surface area contributed by atoms with E-state index in [1.807, 2.05) is 11.8 Å². The average molecular weight is 172 g/mol. The molecule has 0 aromatic heterocycles. The van der Waals surface area contributed by atoms with Gasteiger partial charge in [-0.05, 0) is 12.8 Å². The maximum Gasteiger partial charge on any atom is 0.234 e. The summed E-state index contributed by atoms with van der Waals surface area (Å²) in [5.74, 6) is -0.286. The molecule has 70 valence electrons. The minimum Gasteiger partial charge on any atom is -0.392 e. The van der Waals surface area contributed by atoms with E-state index in [4.69, 9.17) is 5.73 Å². The number of likely N-dealkylation sites (tertiary alicyclic amines) is 1. The smallest absolute Gasteiger partial charge is 0.234 e. The van der Waals surface area contributed by atoms with Gasteiger partial charge >= 0.3 is 0 Å². The Kier molecular flexibility index (Phi) is 3.05. The lowest BCUT2D eigenvalue weighted by Gasteiger charge is -2.22. The molecule has 1 unspecified atom stereocenters. The van der Waals surface area contributed by atoms with Crippen molar-refractivity contribution in [2.24, 2.45) is 5.73 Å². The molecule has 1 fully saturated rings. The number of aliphatic hydroxyl groups excluding tert-OH is 1. The molecule has 1 aliphatic heterocycles. The minimum atomic E-state index is -0.286. The summed E-state index contributed by atoms with van der Waals surface area (Å²) < 4.78 is 0. The van der Waals surface area contributed by atoms with Gasteiger partial charge in [-0.2, -0.15) is 0 Å². The van der Waals surface area contributed by atoms with E-state index in [0.717, 1.165) is 19.4 Å². The Bertz CT molecular complexity index is 172. The van der Waals surface area contributed by atoms with Crippen LogP contribution in [0.15, 0.2) is 0 Å². The van der Waals surface area contributed by atoms with E-state index in [1.165, 1.54) is 0 Å². The van der Waals surface area contributed by atoms with Gasteiger partial charge in [0.05, 0.1) is 12.1 Å². The predicted molar refractivity (Wildman–Crippen MR) is 45.5 cm³/mol. The van der Waals surface area contributed by atoms with Gasteiger partial charge in [0, 0.05) is 13.1 Å². The van der Waals surface area contributed by atoms with Gasteiger partial charge in [-0.1, -0.05) is 6.92 Å². The highest BCUT2D eigenvalue weighted by molar-refractivity contribution is 5.79. The molecule has 4 heteroatoms. The second-order valence-electron chi connectivity index (χ2n) is 3.26. The molecule has 1 amide bonds. The molecule has 1 saturated heterocycles. The SMILES string of the molecule is CCC(C(N)=O)N1CC[C@H](O)C1. The van der Waals surface area contributed by atoms with Gasteiger partial charge in [0.2, 0.25) is 5.91 Å². The van der Waals surface area contributed by atoms with Crippen molar-refractivity contribution in [3.05, 3.63) is 0 Å². The van der Waals surface area contributed by atoms with Crippen LogP contribution >= 0.6 is 0 Å². The van der Waals surface area contributed by atoms with Gasteiger partial charge in [-0.25, -0.2) is 0 Å². The lowest BCUT2D eigenvalue weighted by Crippen LogP contribution is -2.43. The average Bonchev–Trinajstić information content (AvgIpc) is 2.37. The summed E-state index contributed by atoms with van der Waals surface area (Å²) in [4.78, 5) is 12.9. The summed E-state index contributed by atoms with van der Waals surface area (Å²) in [5.41, 5.74) is 5.21. The summed E-state index contributed by atoms with van der Waals surface area (Å²) >= 11 is 0. The number of nitrogens with zero attached hydrogens (tertiary/aromatic N) is 1. The highest BCUT2D eigenvalue weighted by atomic mass is 16.3. The maximum absolute atomic E-state index is 10.9. The van der Waals surface area contributed by atoms with Crippen LogP contribution < -0.4 is 5.73 Å². The predicted octanol–water partition coefficient (Wildman–Crippen LogP) is -0.683. The van der Waals surface area contributed by atoms with Gasteiger partial charge in [0.1, 0.15) is 0 Å². The number of nitrogens with two attached hydrogens (primary N) is 1. The second-order valence-corrected chi connectivity index (χ2v) is 3.26. The second kappa shape index (κ2) is 3.87. The normalized spacial score (nSPS) is 27.3. The lowest BCUT2D eigenvalue weighted by atomic mass is 10.2. The highest BCUT2D eigenvalue weighted by Gasteiger charge is 2.28. The third-order valence-corrected chi connectivity index (χ3v) is 2.35. The van der Waals surface area contributed by atoms with Crippen LogP contribution in [0.2, 0.25) is 0 Å². The van der Waals surface area contributed by atoms with Gasteiger partial charge in [-0.15, -0.1) is 0 Å². The van der Waals surface area contributed by atoms with Crippen molar-refractivity contribution in [1.29, 1.82) is 0 Å². The maximum atomic E-state index is 10.9. The summed E-state index contributed by atoms with van der Waals surface area (Å²) in [6.07, 6.45) is 1.20. The van der Waals surface area contributed by atoms with E-state index < -0.39 is 0 Å². The first-order valence-electron chi connectivity index (χ1n) is 4.36. The van der Waals surface area contributed by atoms with E-state index in [2.05, 4.69) is 0 Å². The number of β-amino-alcohol motifs (C(OH)–C–C–N with tert-alkyl or cyclic N) is 1. The van der Waals surface area contributed by atoms with E-state index in [9.17, 15) is 9.90 Å². The van der Waals surface area contributed by atoms with Gasteiger partial charge < -0.3 is 10.8 Å². The van der Waals surface area contributed by atoms with Gasteiger partial charge in [-0.3, -0.25) is 9.69 Å². The Labute approximate surface area is 72.3 Å². The van der Waals surface area contributed by atoms with Crippen LogP contribution in [0.3, 0.4) is 0 Å². The van der Waals surface area contributed by atoms with Gasteiger partial charge in [0.25, 0.3) is 0 Å². The van der Waals surface area contributed by atoms with E-state index in [1.54, 1.807) is 0 Å². The summed E-state index contributed by atoms with van der Waals surface area (Å²) in [6, 6.07) is -0.192. The Morgan fingerprint density at radius 2 is 2.50 bits per heavy atom. The first kappa shape index (κ1) is 9.48. The molecule has 1 rings (SSSR count). The van der Waals surface area contributed by atoms with Crippen LogP contribution in [0.25, 0.3) is 0 Å². The van der Waals surface area contributed by atoms with Crippen LogP contribution in [0.5, 0.6) is 0 Å². The molecular formula is C8H16N2O2. The molecule has 0 bridgehead atoms. The number of carbonyl (C=O) groups excluding carboxylic acids is 1. The quantitative estimate of drug-likeness (QED) is 0.592. The molecule has 0 aromatic carbocycles. The van der Waals surface area contributed by atoms with Crippen molar-refractivity contribution >= 4 is 5.91 Å². The zero-order valence-corrected chi connectivity index (χ0v) is 7.36. The Morgan fingerprint density at radius 1 is 1.83 bits per heavy atom. The lowest BCUT2D eigenvalue weighted by molar-refractivity contribution is -0.123. The molecule has 0 aliphatic carbocycles. The van der Waals surface area contributed by atoms with Crippen LogP contribution in [0.4, 0.5) is 0 Å². The summed E-state index contributed by atoms with van der Waals surface area (Å²) in [6.45, 7) is 3.30. The fraction of sp³-hybridized carbons (Fsp3) is 0.875. The number of hydrogen-bond donors (Lipinski definition) is 2. The molecule has 1 heterocycles. The fourth-order valence-electron chi connectivity index (χ4n) is 1.69. The van der Waals surface area contributed by atoms with Crippen LogP contribution in [0.1, 0.15) is 19.8 Å². The topological polar surface area (TPSA) is 66.6 Å².